The Morgan fingerprint density at radius 1 is 0.821 bits per heavy atom. The third-order valence-corrected chi connectivity index (χ3v) is 7.69. The average Bonchev–Trinajstić information content (AvgIpc) is 3.44. The van der Waals surface area contributed by atoms with Crippen LogP contribution in [0.3, 0.4) is 0 Å². The molecular weight excluding hydrogens is 536 g/mol. The molecule has 0 saturated heterocycles. The van der Waals surface area contributed by atoms with Gasteiger partial charge in [-0.1, -0.05) is 103 Å². The number of carbonyl (C=O) groups is 2. The molecule has 0 aromatic carbocycles. The van der Waals surface area contributed by atoms with Crippen molar-refractivity contribution in [2.45, 2.75) is 129 Å². The largest absolute Gasteiger partial charge is 0.463 e. The van der Waals surface area contributed by atoms with Crippen LogP contribution in [0.4, 0.5) is 4.79 Å². The zero-order valence-electron chi connectivity index (χ0n) is 24.8. The topological polar surface area (TPSA) is 77.1 Å². The van der Waals surface area contributed by atoms with Crippen molar-refractivity contribution in [1.29, 1.82) is 0 Å². The molecule has 1 rings (SSSR count). The molecule has 0 aromatic rings. The van der Waals surface area contributed by atoms with E-state index in [-0.39, 0.29) is 31.6 Å². The van der Waals surface area contributed by atoms with Gasteiger partial charge in [-0.25, -0.2) is 4.79 Å². The highest BCUT2D eigenvalue weighted by Crippen LogP contribution is 2.16. The fourth-order valence-corrected chi connectivity index (χ4v) is 5.15. The molecule has 7 nitrogen and oxygen atoms in total. The van der Waals surface area contributed by atoms with E-state index in [9.17, 15) is 9.59 Å². The number of thioether (sulfide) groups is 1. The van der Waals surface area contributed by atoms with Crippen molar-refractivity contribution in [3.8, 4) is 0 Å². The van der Waals surface area contributed by atoms with Gasteiger partial charge in [0.15, 0.2) is 0 Å². The molecule has 0 fully saturated rings. The number of nitrogens with one attached hydrogen (secondary N) is 1. The minimum Gasteiger partial charge on any atom is -0.463 e. The van der Waals surface area contributed by atoms with E-state index in [4.69, 9.17) is 14.2 Å². The van der Waals surface area contributed by atoms with Gasteiger partial charge < -0.3 is 24.4 Å². The molecule has 1 amide bonds. The molecule has 1 aliphatic rings. The number of halogens is 1. The first-order valence-corrected chi connectivity index (χ1v) is 16.3. The molecule has 0 spiro atoms. The van der Waals surface area contributed by atoms with Crippen LogP contribution >= 0.6 is 24.2 Å². The van der Waals surface area contributed by atoms with E-state index >= 15 is 0 Å². The predicted molar refractivity (Wildman–Crippen MR) is 165 cm³/mol. The second kappa shape index (κ2) is 28.4. The predicted octanol–water partition coefficient (Wildman–Crippen LogP) is 8.21. The number of esters is 1. The molecule has 0 unspecified atom stereocenters. The zero-order valence-corrected chi connectivity index (χ0v) is 26.4. The highest BCUT2D eigenvalue weighted by molar-refractivity contribution is 8.02. The highest BCUT2D eigenvalue weighted by Gasteiger charge is 2.14. The lowest BCUT2D eigenvalue weighted by molar-refractivity contribution is -0.148. The number of nitrogens with zero attached hydrogens (tertiary/aromatic N) is 1. The molecule has 1 heterocycles. The lowest BCUT2D eigenvalue weighted by Crippen LogP contribution is -2.32. The third kappa shape index (κ3) is 24.4. The Morgan fingerprint density at radius 3 is 1.87 bits per heavy atom. The summed E-state index contributed by atoms with van der Waals surface area (Å²) in [5, 5.41) is 4.85. The van der Waals surface area contributed by atoms with Gasteiger partial charge in [-0.2, -0.15) is 0 Å². The van der Waals surface area contributed by atoms with E-state index in [2.05, 4.69) is 22.5 Å². The Balaban J connectivity index is 0.0000144. The molecule has 0 saturated carbocycles. The summed E-state index contributed by atoms with van der Waals surface area (Å²) in [7, 11) is 1.52. The molecule has 9 heteroatoms. The highest BCUT2D eigenvalue weighted by atomic mass is 35.5. The smallest absolute Gasteiger partial charge is 0.407 e. The lowest BCUT2D eigenvalue weighted by atomic mass is 10.0. The molecule has 1 aliphatic heterocycles. The van der Waals surface area contributed by atoms with Crippen LogP contribution in [0.1, 0.15) is 122 Å². The van der Waals surface area contributed by atoms with E-state index in [1.165, 1.54) is 97.0 Å². The quantitative estimate of drug-likeness (QED) is 0.0800. The van der Waals surface area contributed by atoms with Crippen LogP contribution < -0.4 is 5.32 Å². The Morgan fingerprint density at radius 2 is 1.36 bits per heavy atom. The van der Waals surface area contributed by atoms with Crippen molar-refractivity contribution < 1.29 is 23.8 Å². The first kappa shape index (κ1) is 37.9. The van der Waals surface area contributed by atoms with Gasteiger partial charge in [0.1, 0.15) is 19.3 Å². The second-order valence-corrected chi connectivity index (χ2v) is 11.2. The SMILES string of the molecule is CCCCCCCCCCCCCCCCCCNC(=O)OC[C@H](COC(=O)CCCN1C=CSC1)OC.Cl. The molecule has 1 N–H and O–H groups in total. The monoisotopic (exact) mass is 592 g/mol. The number of alkyl carbamates (subject to hydrolysis) is 1. The van der Waals surface area contributed by atoms with Gasteiger partial charge in [-0.15, -0.1) is 24.2 Å². The third-order valence-electron chi connectivity index (χ3n) is 6.90. The van der Waals surface area contributed by atoms with Crippen LogP contribution in [0.15, 0.2) is 11.6 Å². The summed E-state index contributed by atoms with van der Waals surface area (Å²) < 4.78 is 15.8. The number of carbonyl (C=O) groups excluding carboxylic acids is 2. The van der Waals surface area contributed by atoms with Gasteiger partial charge >= 0.3 is 12.1 Å². The molecule has 0 bridgehead atoms. The first-order valence-electron chi connectivity index (χ1n) is 15.3. The summed E-state index contributed by atoms with van der Waals surface area (Å²) in [6.07, 6.45) is 23.5. The van der Waals surface area contributed by atoms with Crippen LogP contribution in [0.25, 0.3) is 0 Å². The number of ether oxygens (including phenoxy) is 3. The summed E-state index contributed by atoms with van der Waals surface area (Å²) in [5.74, 6) is 0.690. The fraction of sp³-hybridized carbons (Fsp3) is 0.867. The van der Waals surface area contributed by atoms with Crippen LogP contribution in [0.5, 0.6) is 0 Å². The van der Waals surface area contributed by atoms with Crippen molar-refractivity contribution in [1.82, 2.24) is 10.2 Å². The number of unbranched alkanes of at least 4 members (excludes halogenated alkanes) is 15. The van der Waals surface area contributed by atoms with Crippen LogP contribution in [-0.4, -0.2) is 62.4 Å². The van der Waals surface area contributed by atoms with Gasteiger partial charge in [-0.05, 0) is 18.2 Å². The van der Waals surface area contributed by atoms with Crippen molar-refractivity contribution >= 4 is 36.2 Å². The Labute approximate surface area is 249 Å². The molecular formula is C30H57ClN2O5S. The lowest BCUT2D eigenvalue weighted by Gasteiger charge is -2.17. The maximum atomic E-state index is 11.9. The van der Waals surface area contributed by atoms with Crippen LogP contribution in [-0.2, 0) is 19.0 Å². The van der Waals surface area contributed by atoms with E-state index in [0.717, 1.165) is 31.7 Å². The Kier molecular flexibility index (Phi) is 27.6. The van der Waals surface area contributed by atoms with Crippen molar-refractivity contribution in [2.75, 3.05) is 39.3 Å². The molecule has 0 radical (unpaired) electrons. The molecule has 0 aromatic heterocycles. The number of rotatable bonds is 26. The standard InChI is InChI=1S/C30H56N2O5S.ClH/c1-3-4-5-6-7-8-9-10-11-12-13-14-15-16-17-18-21-31-30(34)37-26-28(35-2)25-36-29(33)20-19-22-32-23-24-38-27-32;/h23-24,28H,3-22,25-27H2,1-2H3,(H,31,34);1H/t28-;/m0./s1. The second-order valence-electron chi connectivity index (χ2n) is 10.4. The van der Waals surface area contributed by atoms with Gasteiger partial charge in [0.25, 0.3) is 0 Å². The minimum atomic E-state index is -0.460. The van der Waals surface area contributed by atoms with Gasteiger partial charge in [0.2, 0.25) is 0 Å². The van der Waals surface area contributed by atoms with Gasteiger partial charge in [0, 0.05) is 32.8 Å². The Hall–Kier alpha value is -1.12. The molecule has 0 aliphatic carbocycles. The maximum Gasteiger partial charge on any atom is 0.407 e. The van der Waals surface area contributed by atoms with Crippen molar-refractivity contribution in [3.63, 3.8) is 0 Å². The number of hydrogen-bond acceptors (Lipinski definition) is 7. The molecule has 39 heavy (non-hydrogen) atoms. The van der Waals surface area contributed by atoms with Crippen LogP contribution in [0.2, 0.25) is 0 Å². The molecule has 230 valence electrons. The van der Waals surface area contributed by atoms with Crippen molar-refractivity contribution in [2.24, 2.45) is 0 Å². The van der Waals surface area contributed by atoms with E-state index < -0.39 is 12.2 Å². The van der Waals surface area contributed by atoms with Gasteiger partial charge in [0.05, 0.1) is 5.88 Å². The van der Waals surface area contributed by atoms with Gasteiger partial charge in [-0.3, -0.25) is 4.79 Å². The Bertz CT molecular complexity index is 612. The van der Waals surface area contributed by atoms with E-state index in [1.54, 1.807) is 11.8 Å². The number of amides is 1. The first-order chi connectivity index (χ1) is 18.7. The average molecular weight is 593 g/mol. The normalized spacial score (nSPS) is 13.2. The molecule has 1 atom stereocenters. The summed E-state index contributed by atoms with van der Waals surface area (Å²) in [6.45, 7) is 3.88. The van der Waals surface area contributed by atoms with E-state index in [1.807, 2.05) is 6.20 Å². The van der Waals surface area contributed by atoms with Crippen molar-refractivity contribution in [3.05, 3.63) is 11.6 Å². The minimum absolute atomic E-state index is 0. The summed E-state index contributed by atoms with van der Waals surface area (Å²) >= 11 is 1.75. The summed E-state index contributed by atoms with van der Waals surface area (Å²) in [4.78, 5) is 26.0. The maximum absolute atomic E-state index is 11.9. The summed E-state index contributed by atoms with van der Waals surface area (Å²) in [5.41, 5.74) is 0. The van der Waals surface area contributed by atoms with Crippen LogP contribution in [0, 0.1) is 0 Å². The van der Waals surface area contributed by atoms with E-state index in [0.29, 0.717) is 13.0 Å². The summed E-state index contributed by atoms with van der Waals surface area (Å²) in [6, 6.07) is 0. The number of hydrogen-bond donors (Lipinski definition) is 1. The zero-order chi connectivity index (χ0) is 27.5. The number of methoxy groups -OCH3 is 1. The fourth-order valence-electron chi connectivity index (χ4n) is 4.40.